The van der Waals surface area contributed by atoms with E-state index in [1.165, 1.54) is 0 Å². The van der Waals surface area contributed by atoms with Crippen LogP contribution in [-0.4, -0.2) is 32.9 Å². The lowest BCUT2D eigenvalue weighted by Gasteiger charge is -2.22. The highest BCUT2D eigenvalue weighted by Crippen LogP contribution is 2.28. The second kappa shape index (κ2) is 5.57. The van der Waals surface area contributed by atoms with Crippen molar-refractivity contribution in [3.63, 3.8) is 0 Å². The number of aliphatic hydroxyl groups is 1. The Bertz CT molecular complexity index is 689. The first-order valence-corrected chi connectivity index (χ1v) is 7.61. The maximum atomic E-state index is 12.5. The molecule has 0 atom stereocenters. The standard InChI is InChI=1S/C17H21N3O2/c1-17(2,11-21)18-16(22)15-13-9-6-10-14(13)20(19-15)12-7-4-3-5-8-12/h3-5,7-8,21H,6,9-11H2,1-2H3,(H,18,22). The Balaban J connectivity index is 1.99. The first-order chi connectivity index (χ1) is 10.5. The first-order valence-electron chi connectivity index (χ1n) is 7.61. The van der Waals surface area contributed by atoms with Crippen molar-refractivity contribution in [1.82, 2.24) is 15.1 Å². The van der Waals surface area contributed by atoms with Gasteiger partial charge in [-0.15, -0.1) is 0 Å². The monoisotopic (exact) mass is 299 g/mol. The van der Waals surface area contributed by atoms with E-state index in [4.69, 9.17) is 0 Å². The predicted molar refractivity (Wildman–Crippen MR) is 84.2 cm³/mol. The van der Waals surface area contributed by atoms with Gasteiger partial charge in [0.25, 0.3) is 5.91 Å². The molecule has 0 spiro atoms. The van der Waals surface area contributed by atoms with Gasteiger partial charge in [-0.2, -0.15) is 5.10 Å². The molecular formula is C17H21N3O2. The summed E-state index contributed by atoms with van der Waals surface area (Å²) < 4.78 is 1.88. The average Bonchev–Trinajstić information content (AvgIpc) is 3.09. The van der Waals surface area contributed by atoms with E-state index >= 15 is 0 Å². The maximum Gasteiger partial charge on any atom is 0.272 e. The third-order valence-corrected chi connectivity index (χ3v) is 3.99. The summed E-state index contributed by atoms with van der Waals surface area (Å²) >= 11 is 0. The number of para-hydroxylation sites is 1. The number of carbonyl (C=O) groups is 1. The molecule has 0 fully saturated rings. The van der Waals surface area contributed by atoms with Gasteiger partial charge in [0.1, 0.15) is 0 Å². The van der Waals surface area contributed by atoms with E-state index < -0.39 is 5.54 Å². The highest BCUT2D eigenvalue weighted by molar-refractivity contribution is 5.94. The van der Waals surface area contributed by atoms with Crippen molar-refractivity contribution in [1.29, 1.82) is 0 Å². The number of aromatic nitrogens is 2. The van der Waals surface area contributed by atoms with E-state index in [9.17, 15) is 9.90 Å². The summed E-state index contributed by atoms with van der Waals surface area (Å²) in [6.07, 6.45) is 2.86. The molecule has 1 aromatic heterocycles. The SMILES string of the molecule is CC(C)(CO)NC(=O)c1nn(-c2ccccc2)c2c1CCC2. The summed E-state index contributed by atoms with van der Waals surface area (Å²) in [4.78, 5) is 12.5. The molecule has 1 heterocycles. The molecule has 1 aromatic carbocycles. The van der Waals surface area contributed by atoms with Crippen molar-refractivity contribution in [3.05, 3.63) is 47.3 Å². The highest BCUT2D eigenvalue weighted by atomic mass is 16.3. The van der Waals surface area contributed by atoms with Gasteiger partial charge in [0.05, 0.1) is 17.8 Å². The van der Waals surface area contributed by atoms with Gasteiger partial charge in [-0.1, -0.05) is 18.2 Å². The van der Waals surface area contributed by atoms with Crippen molar-refractivity contribution in [2.24, 2.45) is 0 Å². The molecule has 2 aromatic rings. The topological polar surface area (TPSA) is 67.2 Å². The van der Waals surface area contributed by atoms with E-state index in [2.05, 4.69) is 10.4 Å². The number of benzene rings is 1. The molecule has 22 heavy (non-hydrogen) atoms. The van der Waals surface area contributed by atoms with Gasteiger partial charge in [-0.25, -0.2) is 4.68 Å². The van der Waals surface area contributed by atoms with Gasteiger partial charge in [0, 0.05) is 11.3 Å². The molecule has 0 aliphatic heterocycles. The van der Waals surface area contributed by atoms with Crippen LogP contribution >= 0.6 is 0 Å². The van der Waals surface area contributed by atoms with Crippen molar-refractivity contribution >= 4 is 5.91 Å². The van der Waals surface area contributed by atoms with Crippen LogP contribution in [0.25, 0.3) is 5.69 Å². The van der Waals surface area contributed by atoms with E-state index in [1.54, 1.807) is 13.8 Å². The molecule has 0 saturated heterocycles. The van der Waals surface area contributed by atoms with E-state index in [-0.39, 0.29) is 12.5 Å². The van der Waals surface area contributed by atoms with Crippen LogP contribution in [0, 0.1) is 0 Å². The zero-order chi connectivity index (χ0) is 15.7. The lowest BCUT2D eigenvalue weighted by atomic mass is 10.1. The number of rotatable bonds is 4. The van der Waals surface area contributed by atoms with Crippen LogP contribution < -0.4 is 5.32 Å². The molecule has 116 valence electrons. The zero-order valence-corrected chi connectivity index (χ0v) is 13.0. The van der Waals surface area contributed by atoms with E-state index in [0.717, 1.165) is 36.2 Å². The van der Waals surface area contributed by atoms with Gasteiger partial charge in [-0.05, 0) is 45.2 Å². The molecule has 1 amide bonds. The van der Waals surface area contributed by atoms with Crippen LogP contribution in [0.15, 0.2) is 30.3 Å². The second-order valence-electron chi connectivity index (χ2n) is 6.37. The van der Waals surface area contributed by atoms with Crippen LogP contribution in [0.3, 0.4) is 0 Å². The predicted octanol–water partition coefficient (Wildman–Crippen LogP) is 1.86. The van der Waals surface area contributed by atoms with Gasteiger partial charge >= 0.3 is 0 Å². The fraction of sp³-hybridized carbons (Fsp3) is 0.412. The normalized spacial score (nSPS) is 14.0. The molecule has 0 unspecified atom stereocenters. The minimum atomic E-state index is -0.654. The Labute approximate surface area is 130 Å². The maximum absolute atomic E-state index is 12.5. The number of amides is 1. The number of fused-ring (bicyclic) bond motifs is 1. The van der Waals surface area contributed by atoms with Gasteiger partial charge in [0.2, 0.25) is 0 Å². The molecule has 0 saturated carbocycles. The Morgan fingerprint density at radius 3 is 2.73 bits per heavy atom. The fourth-order valence-corrected chi connectivity index (χ4v) is 2.81. The average molecular weight is 299 g/mol. The molecule has 0 radical (unpaired) electrons. The third-order valence-electron chi connectivity index (χ3n) is 3.99. The lowest BCUT2D eigenvalue weighted by Crippen LogP contribution is -2.46. The molecule has 5 heteroatoms. The molecule has 3 rings (SSSR count). The molecule has 1 aliphatic rings. The van der Waals surface area contributed by atoms with Crippen LogP contribution in [-0.2, 0) is 12.8 Å². The largest absolute Gasteiger partial charge is 0.394 e. The summed E-state index contributed by atoms with van der Waals surface area (Å²) in [7, 11) is 0. The number of hydrogen-bond donors (Lipinski definition) is 2. The number of nitrogens with one attached hydrogen (secondary N) is 1. The number of nitrogens with zero attached hydrogens (tertiary/aromatic N) is 2. The molecule has 2 N–H and O–H groups in total. The van der Waals surface area contributed by atoms with Crippen LogP contribution in [0.5, 0.6) is 0 Å². The fourth-order valence-electron chi connectivity index (χ4n) is 2.81. The summed E-state index contributed by atoms with van der Waals surface area (Å²) in [5, 5.41) is 16.7. The van der Waals surface area contributed by atoms with E-state index in [1.807, 2.05) is 35.0 Å². The van der Waals surface area contributed by atoms with Crippen molar-refractivity contribution in [2.75, 3.05) is 6.61 Å². The zero-order valence-electron chi connectivity index (χ0n) is 13.0. The minimum absolute atomic E-state index is 0.111. The lowest BCUT2D eigenvalue weighted by molar-refractivity contribution is 0.0863. The third kappa shape index (κ3) is 2.64. The van der Waals surface area contributed by atoms with Crippen LogP contribution in [0.2, 0.25) is 0 Å². The Kier molecular flexibility index (Phi) is 3.74. The quantitative estimate of drug-likeness (QED) is 0.905. The Morgan fingerprint density at radius 1 is 1.32 bits per heavy atom. The second-order valence-corrected chi connectivity index (χ2v) is 6.37. The van der Waals surface area contributed by atoms with Crippen molar-refractivity contribution in [2.45, 2.75) is 38.6 Å². The smallest absolute Gasteiger partial charge is 0.272 e. The number of aliphatic hydroxyl groups excluding tert-OH is 1. The molecule has 1 aliphatic carbocycles. The Morgan fingerprint density at radius 2 is 2.05 bits per heavy atom. The van der Waals surface area contributed by atoms with Crippen molar-refractivity contribution < 1.29 is 9.90 Å². The first kappa shape index (κ1) is 14.8. The molecule has 5 nitrogen and oxygen atoms in total. The number of hydrogen-bond acceptors (Lipinski definition) is 3. The summed E-state index contributed by atoms with van der Waals surface area (Å²) in [6.45, 7) is 3.47. The minimum Gasteiger partial charge on any atom is -0.394 e. The summed E-state index contributed by atoms with van der Waals surface area (Å²) in [6, 6.07) is 9.88. The van der Waals surface area contributed by atoms with Crippen LogP contribution in [0.1, 0.15) is 42.0 Å². The Hall–Kier alpha value is -2.14. The van der Waals surface area contributed by atoms with Gasteiger partial charge in [-0.3, -0.25) is 4.79 Å². The van der Waals surface area contributed by atoms with Gasteiger partial charge < -0.3 is 10.4 Å². The molecule has 0 bridgehead atoms. The van der Waals surface area contributed by atoms with E-state index in [0.29, 0.717) is 5.69 Å². The summed E-state index contributed by atoms with van der Waals surface area (Å²) in [5.74, 6) is -0.216. The van der Waals surface area contributed by atoms with Crippen LogP contribution in [0.4, 0.5) is 0 Å². The molecular weight excluding hydrogens is 278 g/mol. The highest BCUT2D eigenvalue weighted by Gasteiger charge is 2.29. The number of carbonyl (C=O) groups excluding carboxylic acids is 1. The van der Waals surface area contributed by atoms with Crippen molar-refractivity contribution in [3.8, 4) is 5.69 Å². The van der Waals surface area contributed by atoms with Gasteiger partial charge in [0.15, 0.2) is 5.69 Å². The summed E-state index contributed by atoms with van der Waals surface area (Å²) in [5.41, 5.74) is 2.96.